The third kappa shape index (κ3) is 5.17. The molecule has 0 heterocycles. The fourth-order valence-corrected chi connectivity index (χ4v) is 3.03. The third-order valence-corrected chi connectivity index (χ3v) is 4.53. The normalized spacial score (nSPS) is 10.4. The molecule has 0 aromatic heterocycles. The molecule has 0 saturated heterocycles. The molecule has 1 N–H and O–H groups in total. The van der Waals surface area contributed by atoms with Crippen molar-refractivity contribution in [1.29, 1.82) is 0 Å². The van der Waals surface area contributed by atoms with Crippen LogP contribution in [0.15, 0.2) is 78.9 Å². The van der Waals surface area contributed by atoms with Crippen molar-refractivity contribution in [2.75, 3.05) is 20.8 Å². The fourth-order valence-electron chi connectivity index (χ4n) is 3.03. The van der Waals surface area contributed by atoms with E-state index in [1.807, 2.05) is 60.7 Å². The number of hydrogen-bond donors (Lipinski definition) is 1. The average molecular weight is 405 g/mol. The molecule has 0 radical (unpaired) electrons. The van der Waals surface area contributed by atoms with Gasteiger partial charge in [-0.2, -0.15) is 0 Å². The van der Waals surface area contributed by atoms with Gasteiger partial charge in [-0.3, -0.25) is 4.79 Å². The van der Waals surface area contributed by atoms with Crippen LogP contribution < -0.4 is 14.8 Å². The molecule has 1 amide bonds. The lowest BCUT2D eigenvalue weighted by Crippen LogP contribution is -2.33. The van der Waals surface area contributed by atoms with E-state index in [9.17, 15) is 9.59 Å². The minimum absolute atomic E-state index is 0.216. The van der Waals surface area contributed by atoms with Crippen LogP contribution in [0.1, 0.15) is 27.5 Å². The van der Waals surface area contributed by atoms with E-state index in [2.05, 4.69) is 5.32 Å². The van der Waals surface area contributed by atoms with Crippen LogP contribution in [0.4, 0.5) is 0 Å². The zero-order valence-electron chi connectivity index (χ0n) is 16.8. The molecule has 30 heavy (non-hydrogen) atoms. The number of hydrogen-bond acceptors (Lipinski definition) is 5. The highest BCUT2D eigenvalue weighted by Gasteiger charge is 2.19. The van der Waals surface area contributed by atoms with Crippen LogP contribution >= 0.6 is 0 Å². The topological polar surface area (TPSA) is 73.9 Å². The van der Waals surface area contributed by atoms with Crippen LogP contribution in [0.2, 0.25) is 0 Å². The maximum Gasteiger partial charge on any atom is 0.342 e. The van der Waals surface area contributed by atoms with Crippen LogP contribution in [-0.4, -0.2) is 32.7 Å². The Morgan fingerprint density at radius 3 is 1.97 bits per heavy atom. The lowest BCUT2D eigenvalue weighted by molar-refractivity contribution is -0.124. The van der Waals surface area contributed by atoms with Crippen molar-refractivity contribution in [1.82, 2.24) is 5.32 Å². The van der Waals surface area contributed by atoms with E-state index in [-0.39, 0.29) is 11.6 Å². The smallest absolute Gasteiger partial charge is 0.342 e. The number of amides is 1. The second kappa shape index (κ2) is 10.1. The molecule has 154 valence electrons. The summed E-state index contributed by atoms with van der Waals surface area (Å²) in [5.41, 5.74) is 2.08. The molecule has 0 aliphatic heterocycles. The second-order valence-corrected chi connectivity index (χ2v) is 6.46. The van der Waals surface area contributed by atoms with Gasteiger partial charge in [-0.15, -0.1) is 0 Å². The van der Waals surface area contributed by atoms with E-state index in [4.69, 9.17) is 14.2 Å². The summed E-state index contributed by atoms with van der Waals surface area (Å²) in [4.78, 5) is 25.0. The van der Waals surface area contributed by atoms with Gasteiger partial charge in [0, 0.05) is 6.07 Å². The Bertz CT molecular complexity index is 949. The Balaban J connectivity index is 1.68. The second-order valence-electron chi connectivity index (χ2n) is 6.46. The summed E-state index contributed by atoms with van der Waals surface area (Å²) in [7, 11) is 2.97. The number of methoxy groups -OCH3 is 2. The highest BCUT2D eigenvalue weighted by Crippen LogP contribution is 2.25. The zero-order valence-corrected chi connectivity index (χ0v) is 16.8. The molecule has 0 bridgehead atoms. The van der Waals surface area contributed by atoms with E-state index in [1.54, 1.807) is 12.1 Å². The van der Waals surface area contributed by atoms with E-state index in [1.165, 1.54) is 20.3 Å². The first-order valence-electron chi connectivity index (χ1n) is 9.40. The highest BCUT2D eigenvalue weighted by molar-refractivity contribution is 5.94. The first kappa shape index (κ1) is 20.9. The summed E-state index contributed by atoms with van der Waals surface area (Å²) in [6.07, 6.45) is 0. The van der Waals surface area contributed by atoms with Crippen molar-refractivity contribution in [3.05, 3.63) is 95.6 Å². The molecule has 0 spiro atoms. The van der Waals surface area contributed by atoms with Crippen LogP contribution in [-0.2, 0) is 9.53 Å². The van der Waals surface area contributed by atoms with Crippen molar-refractivity contribution in [2.45, 2.75) is 6.04 Å². The SMILES string of the molecule is COc1ccc(C(=O)OCC(=O)NC(c2ccccc2)c2ccccc2)c(OC)c1. The zero-order chi connectivity index (χ0) is 21.3. The van der Waals surface area contributed by atoms with Crippen molar-refractivity contribution < 1.29 is 23.8 Å². The number of ether oxygens (including phenoxy) is 3. The maximum absolute atomic E-state index is 12.6. The lowest BCUT2D eigenvalue weighted by Gasteiger charge is -2.20. The molecule has 0 aliphatic rings. The van der Waals surface area contributed by atoms with Gasteiger partial charge < -0.3 is 19.5 Å². The van der Waals surface area contributed by atoms with Crippen molar-refractivity contribution in [2.24, 2.45) is 0 Å². The summed E-state index contributed by atoms with van der Waals surface area (Å²) in [6, 6.07) is 23.6. The third-order valence-electron chi connectivity index (χ3n) is 4.53. The van der Waals surface area contributed by atoms with Gasteiger partial charge >= 0.3 is 5.97 Å². The predicted octanol–water partition coefficient (Wildman–Crippen LogP) is 3.77. The van der Waals surface area contributed by atoms with Crippen LogP contribution in [0.25, 0.3) is 0 Å². The van der Waals surface area contributed by atoms with Gasteiger partial charge in [0.25, 0.3) is 5.91 Å². The summed E-state index contributed by atoms with van der Waals surface area (Å²) in [6.45, 7) is -0.413. The Morgan fingerprint density at radius 2 is 1.43 bits per heavy atom. The van der Waals surface area contributed by atoms with Crippen LogP contribution in [0, 0.1) is 0 Å². The summed E-state index contributed by atoms with van der Waals surface area (Å²) in [5, 5.41) is 2.94. The van der Waals surface area contributed by atoms with Crippen molar-refractivity contribution in [3.63, 3.8) is 0 Å². The molecule has 0 fully saturated rings. The number of carbonyl (C=O) groups is 2. The molecular formula is C24H23NO5. The minimum atomic E-state index is -0.652. The minimum Gasteiger partial charge on any atom is -0.497 e. The number of carbonyl (C=O) groups excluding carboxylic acids is 2. The van der Waals surface area contributed by atoms with Crippen LogP contribution in [0.3, 0.4) is 0 Å². The van der Waals surface area contributed by atoms with Gasteiger partial charge in [-0.1, -0.05) is 60.7 Å². The van der Waals surface area contributed by atoms with Gasteiger partial charge in [-0.05, 0) is 23.3 Å². The standard InChI is InChI=1S/C24H23NO5/c1-28-19-13-14-20(21(15-19)29-2)24(27)30-16-22(26)25-23(17-9-5-3-6-10-17)18-11-7-4-8-12-18/h3-15,23H,16H2,1-2H3,(H,25,26). The molecule has 0 atom stereocenters. The van der Waals surface area contributed by atoms with Gasteiger partial charge in [0.05, 0.1) is 20.3 Å². The van der Waals surface area contributed by atoms with E-state index >= 15 is 0 Å². The molecule has 0 saturated carbocycles. The molecule has 6 nitrogen and oxygen atoms in total. The molecule has 3 rings (SSSR count). The molecular weight excluding hydrogens is 382 g/mol. The molecule has 3 aromatic rings. The molecule has 0 aliphatic carbocycles. The summed E-state index contributed by atoms with van der Waals surface area (Å²) >= 11 is 0. The van der Waals surface area contributed by atoms with Crippen molar-refractivity contribution >= 4 is 11.9 Å². The summed E-state index contributed by atoms with van der Waals surface area (Å²) < 4.78 is 15.5. The van der Waals surface area contributed by atoms with E-state index in [0.717, 1.165) is 11.1 Å². The predicted molar refractivity (Wildman–Crippen MR) is 113 cm³/mol. The monoisotopic (exact) mass is 405 g/mol. The Morgan fingerprint density at radius 1 is 0.833 bits per heavy atom. The summed E-state index contributed by atoms with van der Waals surface area (Å²) in [5.74, 6) is -0.199. The fraction of sp³-hybridized carbons (Fsp3) is 0.167. The molecule has 3 aromatic carbocycles. The van der Waals surface area contributed by atoms with Gasteiger partial charge in [-0.25, -0.2) is 4.79 Å². The Kier molecular flexibility index (Phi) is 7.05. The first-order valence-corrected chi connectivity index (χ1v) is 9.40. The van der Waals surface area contributed by atoms with Gasteiger partial charge in [0.2, 0.25) is 0 Å². The number of benzene rings is 3. The van der Waals surface area contributed by atoms with Gasteiger partial charge in [0.15, 0.2) is 6.61 Å². The van der Waals surface area contributed by atoms with Crippen molar-refractivity contribution in [3.8, 4) is 11.5 Å². The number of esters is 1. The van der Waals surface area contributed by atoms with Crippen LogP contribution in [0.5, 0.6) is 11.5 Å². The molecule has 0 unspecified atom stereocenters. The van der Waals surface area contributed by atoms with E-state index < -0.39 is 18.5 Å². The largest absolute Gasteiger partial charge is 0.497 e. The Labute approximate surface area is 175 Å². The average Bonchev–Trinajstić information content (AvgIpc) is 2.81. The number of rotatable bonds is 8. The van der Waals surface area contributed by atoms with E-state index in [0.29, 0.717) is 11.5 Å². The van der Waals surface area contributed by atoms with Gasteiger partial charge in [0.1, 0.15) is 17.1 Å². The highest BCUT2D eigenvalue weighted by atomic mass is 16.5. The maximum atomic E-state index is 12.6. The Hall–Kier alpha value is -3.80. The quantitative estimate of drug-likeness (QED) is 0.578. The molecule has 6 heteroatoms. The number of nitrogens with one attached hydrogen (secondary N) is 1. The lowest BCUT2D eigenvalue weighted by atomic mass is 9.99. The first-order chi connectivity index (χ1) is 14.6.